The zero-order chi connectivity index (χ0) is 12.4. The van der Waals surface area contributed by atoms with E-state index in [0.717, 1.165) is 31.2 Å². The number of anilines is 3. The van der Waals surface area contributed by atoms with Gasteiger partial charge in [0.05, 0.1) is 22.1 Å². The van der Waals surface area contributed by atoms with E-state index < -0.39 is 0 Å². The molecule has 0 amide bonds. The average molecular weight is 359 g/mol. The van der Waals surface area contributed by atoms with Crippen LogP contribution in [0.25, 0.3) is 0 Å². The number of aryl methyl sites for hydroxylation is 1. The van der Waals surface area contributed by atoms with Crippen LogP contribution in [-0.4, -0.2) is 0 Å². The van der Waals surface area contributed by atoms with E-state index in [1.54, 1.807) is 0 Å². The topological polar surface area (TPSA) is 38.0 Å². The van der Waals surface area contributed by atoms with Crippen molar-refractivity contribution < 1.29 is 0 Å². The summed E-state index contributed by atoms with van der Waals surface area (Å²) in [5.41, 5.74) is 9.45. The van der Waals surface area contributed by atoms with Gasteiger partial charge in [0.25, 0.3) is 0 Å². The molecule has 0 unspecified atom stereocenters. The Morgan fingerprint density at radius 3 is 2.65 bits per heavy atom. The highest BCUT2D eigenvalue weighted by Crippen LogP contribution is 2.30. The van der Waals surface area contributed by atoms with Crippen molar-refractivity contribution in [3.63, 3.8) is 0 Å². The van der Waals surface area contributed by atoms with Crippen LogP contribution in [0.3, 0.4) is 0 Å². The molecule has 0 spiro atoms. The van der Waals surface area contributed by atoms with Crippen LogP contribution in [0, 0.1) is 10.5 Å². The second-order valence-corrected chi connectivity index (χ2v) is 5.42. The van der Waals surface area contributed by atoms with Crippen molar-refractivity contribution in [3.8, 4) is 0 Å². The summed E-state index contributed by atoms with van der Waals surface area (Å²) in [7, 11) is 0. The van der Waals surface area contributed by atoms with Crippen LogP contribution >= 0.6 is 34.2 Å². The van der Waals surface area contributed by atoms with Crippen molar-refractivity contribution in [3.05, 3.63) is 50.6 Å². The van der Waals surface area contributed by atoms with E-state index in [9.17, 15) is 0 Å². The maximum atomic E-state index is 6.22. The Morgan fingerprint density at radius 1 is 1.18 bits per heavy atom. The number of halogens is 2. The van der Waals surface area contributed by atoms with E-state index in [1.807, 2.05) is 43.3 Å². The predicted molar refractivity (Wildman–Crippen MR) is 83.0 cm³/mol. The van der Waals surface area contributed by atoms with Crippen molar-refractivity contribution in [1.29, 1.82) is 0 Å². The van der Waals surface area contributed by atoms with E-state index in [0.29, 0.717) is 0 Å². The zero-order valence-electron chi connectivity index (χ0n) is 9.30. The van der Waals surface area contributed by atoms with Gasteiger partial charge in [-0.25, -0.2) is 0 Å². The van der Waals surface area contributed by atoms with Crippen molar-refractivity contribution >= 4 is 51.3 Å². The minimum absolute atomic E-state index is 0.717. The molecule has 2 rings (SSSR count). The number of nitrogens with two attached hydrogens (primary N) is 1. The van der Waals surface area contributed by atoms with Crippen LogP contribution in [0.1, 0.15) is 5.56 Å². The molecule has 3 N–H and O–H groups in total. The largest absolute Gasteiger partial charge is 0.397 e. The molecule has 0 fully saturated rings. The molecule has 17 heavy (non-hydrogen) atoms. The van der Waals surface area contributed by atoms with E-state index in [1.165, 1.54) is 0 Å². The summed E-state index contributed by atoms with van der Waals surface area (Å²) in [6.45, 7) is 1.98. The summed E-state index contributed by atoms with van der Waals surface area (Å²) < 4.78 is 1.11. The van der Waals surface area contributed by atoms with Crippen molar-refractivity contribution in [2.45, 2.75) is 6.92 Å². The van der Waals surface area contributed by atoms with Gasteiger partial charge in [-0.1, -0.05) is 23.7 Å². The standard InChI is InChI=1S/C13H12ClIN2/c1-8-3-2-4-12(13(8)14)17-11-6-5-9(15)7-10(11)16/h2-7,17H,16H2,1H3. The summed E-state index contributed by atoms with van der Waals surface area (Å²) in [6, 6.07) is 11.8. The zero-order valence-corrected chi connectivity index (χ0v) is 12.2. The van der Waals surface area contributed by atoms with Gasteiger partial charge < -0.3 is 11.1 Å². The average Bonchev–Trinajstić information content (AvgIpc) is 2.28. The van der Waals surface area contributed by atoms with Crippen LogP contribution in [0.4, 0.5) is 17.1 Å². The third-order valence-electron chi connectivity index (χ3n) is 2.47. The third-order valence-corrected chi connectivity index (χ3v) is 3.65. The Hall–Kier alpha value is -0.940. The van der Waals surface area contributed by atoms with Crippen LogP contribution in [0.15, 0.2) is 36.4 Å². The lowest BCUT2D eigenvalue weighted by Gasteiger charge is -2.12. The maximum absolute atomic E-state index is 6.22. The molecule has 0 heterocycles. The highest BCUT2D eigenvalue weighted by atomic mass is 127. The Bertz CT molecular complexity index is 555. The van der Waals surface area contributed by atoms with Gasteiger partial charge in [-0.3, -0.25) is 0 Å². The molecular weight excluding hydrogens is 347 g/mol. The van der Waals surface area contributed by atoms with Gasteiger partial charge in [0.15, 0.2) is 0 Å². The van der Waals surface area contributed by atoms with Crippen molar-refractivity contribution in [2.75, 3.05) is 11.1 Å². The SMILES string of the molecule is Cc1cccc(Nc2ccc(I)cc2N)c1Cl. The van der Waals surface area contributed by atoms with Crippen molar-refractivity contribution in [2.24, 2.45) is 0 Å². The Labute approximate surface area is 119 Å². The molecule has 0 radical (unpaired) electrons. The summed E-state index contributed by atoms with van der Waals surface area (Å²) in [5, 5.41) is 3.98. The van der Waals surface area contributed by atoms with Gasteiger partial charge in [0, 0.05) is 3.57 Å². The molecule has 2 aromatic carbocycles. The molecule has 0 aliphatic rings. The van der Waals surface area contributed by atoms with E-state index in [-0.39, 0.29) is 0 Å². The summed E-state index contributed by atoms with van der Waals surface area (Å²) >= 11 is 8.45. The molecule has 2 nitrogen and oxygen atoms in total. The number of benzene rings is 2. The first-order valence-corrected chi connectivity index (χ1v) is 6.61. The van der Waals surface area contributed by atoms with E-state index in [4.69, 9.17) is 17.3 Å². The van der Waals surface area contributed by atoms with Gasteiger partial charge in [-0.2, -0.15) is 0 Å². The molecule has 4 heteroatoms. The van der Waals surface area contributed by atoms with Crippen LogP contribution in [0.5, 0.6) is 0 Å². The summed E-state index contributed by atoms with van der Waals surface area (Å²) in [5.74, 6) is 0. The van der Waals surface area contributed by atoms with Gasteiger partial charge >= 0.3 is 0 Å². The Morgan fingerprint density at radius 2 is 1.94 bits per heavy atom. The minimum Gasteiger partial charge on any atom is -0.397 e. The lowest BCUT2D eigenvalue weighted by molar-refractivity contribution is 1.45. The molecule has 0 saturated carbocycles. The normalized spacial score (nSPS) is 10.3. The molecule has 0 atom stereocenters. The monoisotopic (exact) mass is 358 g/mol. The minimum atomic E-state index is 0.717. The first-order chi connectivity index (χ1) is 8.08. The van der Waals surface area contributed by atoms with Crippen LogP contribution in [0.2, 0.25) is 5.02 Å². The van der Waals surface area contributed by atoms with Gasteiger partial charge in [-0.15, -0.1) is 0 Å². The number of hydrogen-bond acceptors (Lipinski definition) is 2. The van der Waals surface area contributed by atoms with E-state index in [2.05, 4.69) is 27.9 Å². The quantitative estimate of drug-likeness (QED) is 0.609. The highest BCUT2D eigenvalue weighted by molar-refractivity contribution is 14.1. The molecule has 88 valence electrons. The smallest absolute Gasteiger partial charge is 0.0670 e. The highest BCUT2D eigenvalue weighted by Gasteiger charge is 2.05. The summed E-state index contributed by atoms with van der Waals surface area (Å²) in [6.07, 6.45) is 0. The summed E-state index contributed by atoms with van der Waals surface area (Å²) in [4.78, 5) is 0. The molecule has 0 aliphatic carbocycles. The Balaban J connectivity index is 2.35. The first kappa shape index (κ1) is 12.5. The fourth-order valence-corrected chi connectivity index (χ4v) is 2.22. The molecular formula is C13H12ClIN2. The molecule has 0 aromatic heterocycles. The fraction of sp³-hybridized carbons (Fsp3) is 0.0769. The van der Waals surface area contributed by atoms with Gasteiger partial charge in [0.2, 0.25) is 0 Å². The lowest BCUT2D eigenvalue weighted by atomic mass is 10.2. The fourth-order valence-electron chi connectivity index (χ4n) is 1.54. The molecule has 2 aromatic rings. The number of hydrogen-bond donors (Lipinski definition) is 2. The maximum Gasteiger partial charge on any atom is 0.0670 e. The van der Waals surface area contributed by atoms with Gasteiger partial charge in [-0.05, 0) is 59.3 Å². The van der Waals surface area contributed by atoms with Crippen molar-refractivity contribution in [1.82, 2.24) is 0 Å². The number of nitrogens with one attached hydrogen (secondary N) is 1. The van der Waals surface area contributed by atoms with Gasteiger partial charge in [0.1, 0.15) is 0 Å². The van der Waals surface area contributed by atoms with Crippen LogP contribution in [-0.2, 0) is 0 Å². The van der Waals surface area contributed by atoms with E-state index >= 15 is 0 Å². The molecule has 0 saturated heterocycles. The predicted octanol–water partition coefficient (Wildman–Crippen LogP) is 4.58. The Kier molecular flexibility index (Phi) is 3.79. The number of rotatable bonds is 2. The lowest BCUT2D eigenvalue weighted by Crippen LogP contribution is -1.97. The molecule has 0 bridgehead atoms. The first-order valence-electron chi connectivity index (χ1n) is 5.15. The third kappa shape index (κ3) is 2.84. The second kappa shape index (κ2) is 5.14. The van der Waals surface area contributed by atoms with Crippen LogP contribution < -0.4 is 11.1 Å². The second-order valence-electron chi connectivity index (χ2n) is 3.79. The molecule has 0 aliphatic heterocycles. The number of nitrogen functional groups attached to an aromatic ring is 1.